The van der Waals surface area contributed by atoms with Gasteiger partial charge in [0.1, 0.15) is 0 Å². The number of aliphatic hydroxyl groups excluding tert-OH is 1. The fourth-order valence-electron chi connectivity index (χ4n) is 1.84. The number of thioether (sulfide) groups is 1. The van der Waals surface area contributed by atoms with Crippen LogP contribution in [0.2, 0.25) is 0 Å². The van der Waals surface area contributed by atoms with E-state index in [0.29, 0.717) is 0 Å². The van der Waals surface area contributed by atoms with E-state index in [2.05, 4.69) is 24.5 Å². The van der Waals surface area contributed by atoms with Crippen LogP contribution in [0, 0.1) is 0 Å². The molecule has 1 nitrogen and oxygen atoms in total. The normalized spacial score (nSPS) is 21.2. The Morgan fingerprint density at radius 1 is 1.38 bits per heavy atom. The van der Waals surface area contributed by atoms with E-state index in [1.807, 2.05) is 0 Å². The highest BCUT2D eigenvalue weighted by Crippen LogP contribution is 2.25. The molecule has 0 aromatic heterocycles. The molecule has 1 aromatic rings. The lowest BCUT2D eigenvalue weighted by Crippen LogP contribution is -2.18. The maximum absolute atomic E-state index is 9.48. The summed E-state index contributed by atoms with van der Waals surface area (Å²) in [6.07, 6.45) is 4.77. The average molecular weight is 194 g/mol. The molecule has 1 N–H and O–H groups in total. The molecule has 0 aliphatic heterocycles. The van der Waals surface area contributed by atoms with Gasteiger partial charge in [0.2, 0.25) is 0 Å². The van der Waals surface area contributed by atoms with Crippen molar-refractivity contribution in [3.63, 3.8) is 0 Å². The summed E-state index contributed by atoms with van der Waals surface area (Å²) in [6, 6.07) is 6.55. The first-order chi connectivity index (χ1) is 6.29. The molecular weight excluding hydrogens is 180 g/mol. The molecule has 1 aliphatic rings. The second kappa shape index (κ2) is 3.72. The third kappa shape index (κ3) is 1.89. The van der Waals surface area contributed by atoms with Crippen molar-refractivity contribution in [2.24, 2.45) is 0 Å². The third-order valence-corrected chi connectivity index (χ3v) is 3.34. The van der Waals surface area contributed by atoms with Gasteiger partial charge in [-0.25, -0.2) is 0 Å². The summed E-state index contributed by atoms with van der Waals surface area (Å²) < 4.78 is 0. The predicted octanol–water partition coefficient (Wildman–Crippen LogP) is 2.26. The van der Waals surface area contributed by atoms with Crippen LogP contribution in [0.5, 0.6) is 0 Å². The van der Waals surface area contributed by atoms with Crippen LogP contribution < -0.4 is 0 Å². The zero-order chi connectivity index (χ0) is 9.26. The van der Waals surface area contributed by atoms with Crippen LogP contribution in [0.4, 0.5) is 0 Å². The van der Waals surface area contributed by atoms with Crippen molar-refractivity contribution < 1.29 is 5.11 Å². The van der Waals surface area contributed by atoms with Gasteiger partial charge < -0.3 is 5.11 Å². The molecular formula is C11H14OS. The van der Waals surface area contributed by atoms with Gasteiger partial charge in [0.15, 0.2) is 0 Å². The summed E-state index contributed by atoms with van der Waals surface area (Å²) >= 11 is 1.78. The number of rotatable bonds is 1. The van der Waals surface area contributed by atoms with Crippen molar-refractivity contribution >= 4 is 11.8 Å². The molecule has 2 heteroatoms. The lowest BCUT2D eigenvalue weighted by molar-refractivity contribution is 0.158. The molecule has 0 fully saturated rings. The third-order valence-electron chi connectivity index (χ3n) is 2.62. The number of benzene rings is 1. The Hall–Kier alpha value is -0.470. The van der Waals surface area contributed by atoms with E-state index in [9.17, 15) is 5.11 Å². The standard InChI is InChI=1S/C11H14OS/c1-13-11-5-3-8-6-10(12)4-2-9(8)7-11/h3,5,7,10,12H,2,4,6H2,1H3. The molecule has 0 heterocycles. The van der Waals surface area contributed by atoms with Gasteiger partial charge in [-0.2, -0.15) is 0 Å². The maximum atomic E-state index is 9.48. The Balaban J connectivity index is 2.31. The average Bonchev–Trinajstić information content (AvgIpc) is 2.17. The number of aryl methyl sites for hydroxylation is 1. The summed E-state index contributed by atoms with van der Waals surface area (Å²) in [4.78, 5) is 1.33. The van der Waals surface area contributed by atoms with Gasteiger partial charge in [-0.1, -0.05) is 6.07 Å². The van der Waals surface area contributed by atoms with Gasteiger partial charge in [-0.05, 0) is 48.8 Å². The highest BCUT2D eigenvalue weighted by Gasteiger charge is 2.15. The van der Waals surface area contributed by atoms with Crippen molar-refractivity contribution in [1.29, 1.82) is 0 Å². The number of aliphatic hydroxyl groups is 1. The lowest BCUT2D eigenvalue weighted by atomic mass is 9.90. The van der Waals surface area contributed by atoms with E-state index in [1.54, 1.807) is 11.8 Å². The first-order valence-corrected chi connectivity index (χ1v) is 5.86. The summed E-state index contributed by atoms with van der Waals surface area (Å²) in [5, 5.41) is 9.48. The second-order valence-corrected chi connectivity index (χ2v) is 4.41. The second-order valence-electron chi connectivity index (χ2n) is 3.53. The zero-order valence-corrected chi connectivity index (χ0v) is 8.60. The molecule has 13 heavy (non-hydrogen) atoms. The zero-order valence-electron chi connectivity index (χ0n) is 7.79. The lowest BCUT2D eigenvalue weighted by Gasteiger charge is -2.20. The van der Waals surface area contributed by atoms with Crippen molar-refractivity contribution in [3.8, 4) is 0 Å². The van der Waals surface area contributed by atoms with Crippen molar-refractivity contribution in [2.75, 3.05) is 6.26 Å². The quantitative estimate of drug-likeness (QED) is 0.692. The van der Waals surface area contributed by atoms with Crippen LogP contribution in [-0.2, 0) is 12.8 Å². The molecule has 0 bridgehead atoms. The minimum Gasteiger partial charge on any atom is -0.393 e. The molecule has 0 amide bonds. The van der Waals surface area contributed by atoms with Crippen molar-refractivity contribution in [1.82, 2.24) is 0 Å². The molecule has 0 saturated carbocycles. The van der Waals surface area contributed by atoms with Crippen LogP contribution in [0.1, 0.15) is 17.5 Å². The predicted molar refractivity (Wildman–Crippen MR) is 56.3 cm³/mol. The summed E-state index contributed by atoms with van der Waals surface area (Å²) in [5.74, 6) is 0. The largest absolute Gasteiger partial charge is 0.393 e. The molecule has 0 spiro atoms. The SMILES string of the molecule is CSc1ccc2c(c1)CCC(O)C2. The Morgan fingerprint density at radius 2 is 2.23 bits per heavy atom. The van der Waals surface area contributed by atoms with E-state index in [4.69, 9.17) is 0 Å². The number of hydrogen-bond donors (Lipinski definition) is 1. The Labute approximate surface area is 83.2 Å². The van der Waals surface area contributed by atoms with Gasteiger partial charge in [-0.3, -0.25) is 0 Å². The number of hydrogen-bond acceptors (Lipinski definition) is 2. The van der Waals surface area contributed by atoms with E-state index >= 15 is 0 Å². The van der Waals surface area contributed by atoms with Gasteiger partial charge in [0, 0.05) is 4.90 Å². The topological polar surface area (TPSA) is 20.2 Å². The highest BCUT2D eigenvalue weighted by molar-refractivity contribution is 7.98. The van der Waals surface area contributed by atoms with Crippen LogP contribution in [0.15, 0.2) is 23.1 Å². The van der Waals surface area contributed by atoms with Gasteiger partial charge in [0.25, 0.3) is 0 Å². The summed E-state index contributed by atoms with van der Waals surface area (Å²) in [6.45, 7) is 0. The van der Waals surface area contributed by atoms with E-state index in [-0.39, 0.29) is 6.10 Å². The Bertz CT molecular complexity index is 309. The van der Waals surface area contributed by atoms with Gasteiger partial charge in [-0.15, -0.1) is 11.8 Å². The molecule has 1 unspecified atom stereocenters. The maximum Gasteiger partial charge on any atom is 0.0583 e. The summed E-state index contributed by atoms with van der Waals surface area (Å²) in [7, 11) is 0. The van der Waals surface area contributed by atoms with E-state index in [1.165, 1.54) is 16.0 Å². The molecule has 70 valence electrons. The summed E-state index contributed by atoms with van der Waals surface area (Å²) in [5.41, 5.74) is 2.76. The van der Waals surface area contributed by atoms with Crippen molar-refractivity contribution in [3.05, 3.63) is 29.3 Å². The monoisotopic (exact) mass is 194 g/mol. The van der Waals surface area contributed by atoms with Crippen LogP contribution in [0.25, 0.3) is 0 Å². The molecule has 1 aromatic carbocycles. The van der Waals surface area contributed by atoms with E-state index in [0.717, 1.165) is 19.3 Å². The molecule has 2 rings (SSSR count). The van der Waals surface area contributed by atoms with Crippen LogP contribution in [0.3, 0.4) is 0 Å². The minimum absolute atomic E-state index is 0.118. The molecule has 1 atom stereocenters. The van der Waals surface area contributed by atoms with Crippen LogP contribution in [-0.4, -0.2) is 17.5 Å². The fraction of sp³-hybridized carbons (Fsp3) is 0.455. The minimum atomic E-state index is -0.118. The van der Waals surface area contributed by atoms with Crippen LogP contribution >= 0.6 is 11.8 Å². The number of fused-ring (bicyclic) bond motifs is 1. The Kier molecular flexibility index (Phi) is 2.61. The smallest absolute Gasteiger partial charge is 0.0583 e. The molecule has 0 saturated heterocycles. The molecule has 0 radical (unpaired) electrons. The van der Waals surface area contributed by atoms with Crippen molar-refractivity contribution in [2.45, 2.75) is 30.3 Å². The Morgan fingerprint density at radius 3 is 3.00 bits per heavy atom. The molecule has 1 aliphatic carbocycles. The first-order valence-electron chi connectivity index (χ1n) is 4.63. The highest BCUT2D eigenvalue weighted by atomic mass is 32.2. The van der Waals surface area contributed by atoms with Gasteiger partial charge in [0.05, 0.1) is 6.10 Å². The van der Waals surface area contributed by atoms with E-state index < -0.39 is 0 Å². The van der Waals surface area contributed by atoms with Gasteiger partial charge >= 0.3 is 0 Å². The first kappa shape index (κ1) is 9.10. The fourth-order valence-corrected chi connectivity index (χ4v) is 2.30.